The number of rotatable bonds is 8. The predicted molar refractivity (Wildman–Crippen MR) is 148 cm³/mol. The van der Waals surface area contributed by atoms with Gasteiger partial charge >= 0.3 is 0 Å². The van der Waals surface area contributed by atoms with E-state index >= 15 is 0 Å². The first kappa shape index (κ1) is 25.5. The molecule has 2 aromatic heterocycles. The molecule has 3 N–H and O–H groups in total. The van der Waals surface area contributed by atoms with Crippen molar-refractivity contribution in [2.24, 2.45) is 0 Å². The van der Waals surface area contributed by atoms with Crippen molar-refractivity contribution < 1.29 is 4.74 Å². The normalized spacial score (nSPS) is 14.2. The molecule has 1 aliphatic heterocycles. The van der Waals surface area contributed by atoms with Crippen molar-refractivity contribution in [2.75, 3.05) is 68.7 Å². The number of aryl methyl sites for hydroxylation is 2. The minimum atomic E-state index is -0.0849. The van der Waals surface area contributed by atoms with Crippen LogP contribution in [0, 0.1) is 13.8 Å². The van der Waals surface area contributed by atoms with Gasteiger partial charge in [0.15, 0.2) is 0 Å². The molecule has 0 unspecified atom stereocenters. The molecule has 0 radical (unpaired) electrons. The molecule has 9 heteroatoms. The molecule has 0 atom stereocenters. The van der Waals surface area contributed by atoms with Crippen LogP contribution in [0.4, 0.5) is 34.5 Å². The molecule has 1 aromatic carbocycles. The molecule has 1 aliphatic rings. The second kappa shape index (κ2) is 9.81. The number of nitrogens with zero attached hydrogens (tertiary/aromatic N) is 6. The fraction of sp³-hybridized carbons (Fsp3) is 0.444. The number of hydrogen-bond acceptors (Lipinski definition) is 9. The lowest BCUT2D eigenvalue weighted by Gasteiger charge is -2.24. The fourth-order valence-corrected chi connectivity index (χ4v) is 4.49. The highest BCUT2D eigenvalue weighted by atomic mass is 16.5. The van der Waals surface area contributed by atoms with E-state index in [-0.39, 0.29) is 5.41 Å². The van der Waals surface area contributed by atoms with Gasteiger partial charge in [0.1, 0.15) is 11.6 Å². The second-order valence-electron chi connectivity index (χ2n) is 10.4. The Morgan fingerprint density at radius 2 is 1.86 bits per heavy atom. The van der Waals surface area contributed by atoms with Gasteiger partial charge in [-0.3, -0.25) is 4.98 Å². The number of pyridine rings is 1. The maximum Gasteiger partial charge on any atom is 0.229 e. The monoisotopic (exact) mass is 490 g/mol. The van der Waals surface area contributed by atoms with Crippen LogP contribution in [0.2, 0.25) is 0 Å². The molecule has 36 heavy (non-hydrogen) atoms. The van der Waals surface area contributed by atoms with Crippen LogP contribution in [0.3, 0.4) is 0 Å². The molecule has 9 nitrogen and oxygen atoms in total. The number of nitrogens with two attached hydrogens (primary N) is 1. The van der Waals surface area contributed by atoms with Gasteiger partial charge in [-0.2, -0.15) is 4.98 Å². The Balaban J connectivity index is 1.62. The number of ether oxygens (including phenoxy) is 1. The summed E-state index contributed by atoms with van der Waals surface area (Å²) >= 11 is 0. The number of likely N-dealkylation sites (N-methyl/N-ethyl adjacent to an activating group) is 2. The lowest BCUT2D eigenvalue weighted by atomic mass is 9.91. The molecular formula is C27H38N8O. The number of anilines is 6. The number of methoxy groups -OCH3 is 1. The number of hydrogen-bond donors (Lipinski definition) is 2. The first-order valence-electron chi connectivity index (χ1n) is 12.2. The summed E-state index contributed by atoms with van der Waals surface area (Å²) in [4.78, 5) is 20.7. The van der Waals surface area contributed by atoms with E-state index < -0.39 is 0 Å². The highest BCUT2D eigenvalue weighted by molar-refractivity contribution is 5.79. The SMILES string of the molecule is COc1cc(N(C)CCN(C)C)c(N)cc1Nc1nccc(N2CC(C)(C)c3nc(C)c(C)cc32)n1. The maximum absolute atomic E-state index is 6.44. The van der Waals surface area contributed by atoms with Gasteiger partial charge in [-0.25, -0.2) is 4.98 Å². The van der Waals surface area contributed by atoms with Crippen LogP contribution in [0.5, 0.6) is 5.75 Å². The molecular weight excluding hydrogens is 452 g/mol. The van der Waals surface area contributed by atoms with Gasteiger partial charge in [0.2, 0.25) is 5.95 Å². The van der Waals surface area contributed by atoms with Gasteiger partial charge < -0.3 is 30.5 Å². The van der Waals surface area contributed by atoms with Gasteiger partial charge in [-0.05, 0) is 51.7 Å². The summed E-state index contributed by atoms with van der Waals surface area (Å²) in [5.41, 5.74) is 13.1. The molecule has 0 saturated carbocycles. The first-order chi connectivity index (χ1) is 17.0. The molecule has 0 amide bonds. The molecule has 4 rings (SSSR count). The Morgan fingerprint density at radius 3 is 2.56 bits per heavy atom. The van der Waals surface area contributed by atoms with Crippen LogP contribution in [0.25, 0.3) is 0 Å². The number of aromatic nitrogens is 3. The highest BCUT2D eigenvalue weighted by Crippen LogP contribution is 2.43. The number of nitrogen functional groups attached to an aromatic ring is 1. The Hall–Kier alpha value is -3.59. The Kier molecular flexibility index (Phi) is 6.95. The Morgan fingerprint density at radius 1 is 1.11 bits per heavy atom. The van der Waals surface area contributed by atoms with Crippen LogP contribution in [0.1, 0.15) is 30.8 Å². The third-order valence-corrected chi connectivity index (χ3v) is 6.74. The van der Waals surface area contributed by atoms with Crippen molar-refractivity contribution >= 4 is 34.5 Å². The van der Waals surface area contributed by atoms with Gasteiger partial charge in [0.05, 0.1) is 35.6 Å². The van der Waals surface area contributed by atoms with Crippen LogP contribution in [-0.2, 0) is 5.41 Å². The summed E-state index contributed by atoms with van der Waals surface area (Å²) in [6.07, 6.45) is 1.77. The first-order valence-corrected chi connectivity index (χ1v) is 12.2. The van der Waals surface area contributed by atoms with Gasteiger partial charge in [-0.1, -0.05) is 13.8 Å². The van der Waals surface area contributed by atoms with Gasteiger partial charge in [0, 0.05) is 50.1 Å². The van der Waals surface area contributed by atoms with E-state index in [0.717, 1.165) is 48.2 Å². The molecule has 0 bridgehead atoms. The summed E-state index contributed by atoms with van der Waals surface area (Å²) in [6, 6.07) is 7.96. The quantitative estimate of drug-likeness (QED) is 0.449. The molecule has 0 saturated heterocycles. The molecule has 192 valence electrons. The zero-order valence-corrected chi connectivity index (χ0v) is 22.7. The molecule has 3 aromatic rings. The van der Waals surface area contributed by atoms with Crippen LogP contribution >= 0.6 is 0 Å². The molecule has 0 fully saturated rings. The molecule has 0 aliphatic carbocycles. The fourth-order valence-electron chi connectivity index (χ4n) is 4.49. The average molecular weight is 491 g/mol. The number of fused-ring (bicyclic) bond motifs is 1. The summed E-state index contributed by atoms with van der Waals surface area (Å²) < 4.78 is 5.69. The lowest BCUT2D eigenvalue weighted by Crippen LogP contribution is -2.29. The Labute approximate surface area is 214 Å². The van der Waals surface area contributed by atoms with Crippen molar-refractivity contribution in [3.63, 3.8) is 0 Å². The minimum absolute atomic E-state index is 0.0849. The van der Waals surface area contributed by atoms with E-state index in [2.05, 4.69) is 72.9 Å². The standard InChI is InChI=1S/C27H38N8O/c1-17-13-22-25(30-18(17)2)27(3,4)16-35(22)24-9-10-29-26(32-24)31-20-14-19(28)21(15-23(20)36-8)34(7)12-11-33(5)6/h9-10,13-15H,11-12,16,28H2,1-8H3,(H,29,31,32). The lowest BCUT2D eigenvalue weighted by molar-refractivity contribution is 0.413. The van der Waals surface area contributed by atoms with Crippen molar-refractivity contribution in [3.05, 3.63) is 47.4 Å². The molecule has 0 spiro atoms. The smallest absolute Gasteiger partial charge is 0.229 e. The van der Waals surface area contributed by atoms with Crippen molar-refractivity contribution in [1.29, 1.82) is 0 Å². The topological polar surface area (TPSA) is 95.7 Å². The van der Waals surface area contributed by atoms with Crippen molar-refractivity contribution in [3.8, 4) is 5.75 Å². The predicted octanol–water partition coefficient (Wildman–Crippen LogP) is 4.25. The molecule has 3 heterocycles. The highest BCUT2D eigenvalue weighted by Gasteiger charge is 2.38. The van der Waals surface area contributed by atoms with Crippen LogP contribution in [-0.4, -0.2) is 67.7 Å². The zero-order chi connectivity index (χ0) is 26.2. The van der Waals surface area contributed by atoms with Gasteiger partial charge in [-0.15, -0.1) is 0 Å². The average Bonchev–Trinajstić information content (AvgIpc) is 3.08. The van der Waals surface area contributed by atoms with E-state index in [4.69, 9.17) is 20.4 Å². The summed E-state index contributed by atoms with van der Waals surface area (Å²) in [7, 11) is 7.79. The van der Waals surface area contributed by atoms with E-state index in [9.17, 15) is 0 Å². The third-order valence-electron chi connectivity index (χ3n) is 6.74. The maximum atomic E-state index is 6.44. The largest absolute Gasteiger partial charge is 0.494 e. The number of nitrogens with one attached hydrogen (secondary N) is 1. The van der Waals surface area contributed by atoms with Crippen molar-refractivity contribution in [1.82, 2.24) is 19.9 Å². The minimum Gasteiger partial charge on any atom is -0.494 e. The Bertz CT molecular complexity index is 1260. The van der Waals surface area contributed by atoms with Gasteiger partial charge in [0.25, 0.3) is 0 Å². The van der Waals surface area contributed by atoms with E-state index in [1.807, 2.05) is 25.2 Å². The number of benzene rings is 1. The van der Waals surface area contributed by atoms with E-state index in [0.29, 0.717) is 23.1 Å². The summed E-state index contributed by atoms with van der Waals surface area (Å²) in [5.74, 6) is 1.96. The second-order valence-corrected chi connectivity index (χ2v) is 10.4. The van der Waals surface area contributed by atoms with E-state index in [1.165, 1.54) is 5.56 Å². The summed E-state index contributed by atoms with van der Waals surface area (Å²) in [6.45, 7) is 11.2. The van der Waals surface area contributed by atoms with Crippen molar-refractivity contribution in [2.45, 2.75) is 33.1 Å². The van der Waals surface area contributed by atoms with E-state index in [1.54, 1.807) is 13.3 Å². The zero-order valence-electron chi connectivity index (χ0n) is 22.7. The van der Waals surface area contributed by atoms with Crippen LogP contribution in [0.15, 0.2) is 30.5 Å². The summed E-state index contributed by atoms with van der Waals surface area (Å²) in [5, 5.41) is 3.31. The van der Waals surface area contributed by atoms with Crippen LogP contribution < -0.4 is 25.6 Å². The third kappa shape index (κ3) is 5.02.